The molecule has 0 aromatic heterocycles. The zero-order chi connectivity index (χ0) is 42.8. The maximum atomic E-state index is 12.9. The minimum Gasteiger partial charge on any atom is -0.387 e. The number of nitrogens with one attached hydrogen (secondary N) is 1. The summed E-state index contributed by atoms with van der Waals surface area (Å²) in [5.41, 5.74) is 0. The molecule has 58 heavy (non-hydrogen) atoms. The van der Waals surface area contributed by atoms with Crippen molar-refractivity contribution in [1.29, 1.82) is 0 Å². The van der Waals surface area contributed by atoms with E-state index >= 15 is 0 Å². The first-order valence-corrected chi connectivity index (χ1v) is 26.2. The highest BCUT2D eigenvalue weighted by Gasteiger charge is 2.27. The fourth-order valence-corrected chi connectivity index (χ4v) is 7.97. The lowest BCUT2D eigenvalue weighted by Crippen LogP contribution is -2.45. The number of hydrogen-bond acceptors (Lipinski definition) is 5. The highest BCUT2D eigenvalue weighted by Crippen LogP contribution is 2.43. The third kappa shape index (κ3) is 43.1. The third-order valence-corrected chi connectivity index (χ3v) is 12.2. The molecule has 8 nitrogen and oxygen atoms in total. The fraction of sp³-hybridized carbons (Fsp3) is 0.898. The van der Waals surface area contributed by atoms with Crippen molar-refractivity contribution in [1.82, 2.24) is 5.32 Å². The number of hydrogen-bond donors (Lipinski definition) is 3. The Bertz CT molecular complexity index is 1000. The van der Waals surface area contributed by atoms with Crippen LogP contribution >= 0.6 is 7.82 Å². The zero-order valence-corrected chi connectivity index (χ0v) is 39.9. The van der Waals surface area contributed by atoms with Crippen LogP contribution in [0.15, 0.2) is 24.3 Å². The highest BCUT2D eigenvalue weighted by atomic mass is 31.2. The van der Waals surface area contributed by atoms with Gasteiger partial charge in [-0.05, 0) is 32.1 Å². The van der Waals surface area contributed by atoms with Gasteiger partial charge in [-0.25, -0.2) is 4.57 Å². The summed E-state index contributed by atoms with van der Waals surface area (Å²) in [5, 5.41) is 13.8. The summed E-state index contributed by atoms with van der Waals surface area (Å²) < 4.78 is 23.6. The lowest BCUT2D eigenvalue weighted by molar-refractivity contribution is -0.870. The Morgan fingerprint density at radius 2 is 0.948 bits per heavy atom. The number of amides is 1. The van der Waals surface area contributed by atoms with Gasteiger partial charge in [0.25, 0.3) is 0 Å². The molecule has 0 aromatic carbocycles. The maximum absolute atomic E-state index is 12.9. The minimum atomic E-state index is -4.34. The van der Waals surface area contributed by atoms with Crippen molar-refractivity contribution < 1.29 is 32.9 Å². The number of phosphoric ester groups is 1. The molecule has 1 amide bonds. The average molecular weight is 842 g/mol. The molecule has 3 N–H and O–H groups in total. The van der Waals surface area contributed by atoms with Crippen LogP contribution in [0.2, 0.25) is 0 Å². The van der Waals surface area contributed by atoms with Crippen LogP contribution < -0.4 is 5.32 Å². The van der Waals surface area contributed by atoms with Crippen LogP contribution in [-0.2, 0) is 18.4 Å². The van der Waals surface area contributed by atoms with E-state index < -0.39 is 20.0 Å². The first kappa shape index (κ1) is 57.0. The Labute approximate surface area is 360 Å². The molecule has 0 rings (SSSR count). The SMILES string of the molecule is CCCCCCCCCC/C=C/CC/C=C/[C@@H](O)[C@H](COP(=O)(O)OCC[N+](C)(C)C)NC(=O)CCCCCCCCCCCCCCCCCCCCCCCC. The number of likely N-dealkylation sites (N-methyl/N-ethyl adjacent to an activating group) is 1. The van der Waals surface area contributed by atoms with Gasteiger partial charge in [0, 0.05) is 6.42 Å². The quantitative estimate of drug-likeness (QED) is 0.0244. The normalized spacial score (nSPS) is 14.4. The number of aliphatic hydroxyl groups is 1. The summed E-state index contributed by atoms with van der Waals surface area (Å²) in [6, 6.07) is -0.858. The van der Waals surface area contributed by atoms with Crippen molar-refractivity contribution in [3.05, 3.63) is 24.3 Å². The largest absolute Gasteiger partial charge is 0.472 e. The predicted octanol–water partition coefficient (Wildman–Crippen LogP) is 14.1. The van der Waals surface area contributed by atoms with Crippen molar-refractivity contribution in [3.63, 3.8) is 0 Å². The molecule has 0 fully saturated rings. The Morgan fingerprint density at radius 3 is 1.38 bits per heavy atom. The van der Waals surface area contributed by atoms with Gasteiger partial charge >= 0.3 is 7.82 Å². The summed E-state index contributed by atoms with van der Waals surface area (Å²) in [6.45, 7) is 4.81. The zero-order valence-electron chi connectivity index (χ0n) is 39.0. The van der Waals surface area contributed by atoms with E-state index in [1.165, 1.54) is 173 Å². The second-order valence-corrected chi connectivity index (χ2v) is 19.6. The summed E-state index contributed by atoms with van der Waals surface area (Å²) in [7, 11) is 1.56. The van der Waals surface area contributed by atoms with Gasteiger partial charge in [0.15, 0.2) is 0 Å². The Kier molecular flexibility index (Phi) is 40.6. The molecule has 0 aliphatic rings. The molecule has 9 heteroatoms. The standard InChI is InChI=1S/C49H97N2O6P/c1-6-8-10-12-14-16-18-20-22-23-24-25-26-27-28-29-31-33-35-37-39-41-43-49(53)50-47(46-57-58(54,55)56-45-44-51(3,4)5)48(52)42-40-38-36-34-32-30-21-19-17-15-13-11-9-7-2/h32,34,40,42,47-48,52H,6-31,33,35-39,41,43-46H2,1-5H3,(H-,50,53,54,55)/p+1/b34-32+,42-40+/t47-,48+/m0/s1. The second kappa shape index (κ2) is 41.3. The Morgan fingerprint density at radius 1 is 0.569 bits per heavy atom. The first-order valence-electron chi connectivity index (χ1n) is 24.7. The van der Waals surface area contributed by atoms with E-state index in [2.05, 4.69) is 31.3 Å². The molecule has 1 unspecified atom stereocenters. The summed E-state index contributed by atoms with van der Waals surface area (Å²) in [6.07, 6.45) is 49.7. The number of aliphatic hydroxyl groups excluding tert-OH is 1. The van der Waals surface area contributed by atoms with Gasteiger partial charge in [-0.1, -0.05) is 218 Å². The molecular formula is C49H98N2O6P+. The molecule has 0 saturated carbocycles. The van der Waals surface area contributed by atoms with Gasteiger partial charge in [-0.15, -0.1) is 0 Å². The van der Waals surface area contributed by atoms with Crippen LogP contribution in [0, 0.1) is 0 Å². The van der Waals surface area contributed by atoms with E-state index in [0.717, 1.165) is 38.5 Å². The van der Waals surface area contributed by atoms with E-state index in [4.69, 9.17) is 9.05 Å². The lowest BCUT2D eigenvalue weighted by atomic mass is 10.0. The Hall–Kier alpha value is -1.02. The van der Waals surface area contributed by atoms with Crippen molar-refractivity contribution in [2.75, 3.05) is 40.9 Å². The van der Waals surface area contributed by atoms with E-state index in [1.54, 1.807) is 6.08 Å². The number of rotatable bonds is 45. The fourth-order valence-electron chi connectivity index (χ4n) is 7.23. The molecule has 0 heterocycles. The van der Waals surface area contributed by atoms with E-state index in [1.807, 2.05) is 27.2 Å². The van der Waals surface area contributed by atoms with Gasteiger partial charge in [0.1, 0.15) is 13.2 Å². The van der Waals surface area contributed by atoms with Gasteiger partial charge in [0.2, 0.25) is 5.91 Å². The molecule has 0 aliphatic carbocycles. The molecule has 0 spiro atoms. The molecule has 0 saturated heterocycles. The number of allylic oxidation sites excluding steroid dienone is 3. The molecule has 0 radical (unpaired) electrons. The number of unbranched alkanes of at least 4 members (excludes halogenated alkanes) is 30. The summed E-state index contributed by atoms with van der Waals surface area (Å²) >= 11 is 0. The molecule has 0 aromatic rings. The number of carbonyl (C=O) groups is 1. The predicted molar refractivity (Wildman–Crippen MR) is 249 cm³/mol. The smallest absolute Gasteiger partial charge is 0.387 e. The van der Waals surface area contributed by atoms with Crippen molar-refractivity contribution in [3.8, 4) is 0 Å². The van der Waals surface area contributed by atoms with Crippen LogP contribution in [0.5, 0.6) is 0 Å². The van der Waals surface area contributed by atoms with E-state index in [9.17, 15) is 19.4 Å². The van der Waals surface area contributed by atoms with Crippen LogP contribution in [-0.4, -0.2) is 73.4 Å². The number of phosphoric acid groups is 1. The van der Waals surface area contributed by atoms with E-state index in [-0.39, 0.29) is 19.1 Å². The second-order valence-electron chi connectivity index (χ2n) is 18.2. The van der Waals surface area contributed by atoms with Crippen molar-refractivity contribution in [2.24, 2.45) is 0 Å². The first-order chi connectivity index (χ1) is 28.0. The molecule has 3 atom stereocenters. The van der Waals surface area contributed by atoms with Crippen molar-refractivity contribution >= 4 is 13.7 Å². The number of quaternary nitrogens is 1. The molecule has 344 valence electrons. The van der Waals surface area contributed by atoms with Crippen molar-refractivity contribution in [2.45, 2.75) is 244 Å². The maximum Gasteiger partial charge on any atom is 0.472 e. The minimum absolute atomic E-state index is 0.0584. The van der Waals surface area contributed by atoms with Gasteiger partial charge in [-0.2, -0.15) is 0 Å². The van der Waals surface area contributed by atoms with Gasteiger partial charge in [0.05, 0.1) is 39.9 Å². The van der Waals surface area contributed by atoms with E-state index in [0.29, 0.717) is 17.4 Å². The third-order valence-electron chi connectivity index (χ3n) is 11.2. The molecule has 0 aliphatic heterocycles. The lowest BCUT2D eigenvalue weighted by Gasteiger charge is -2.25. The van der Waals surface area contributed by atoms with Crippen LogP contribution in [0.1, 0.15) is 232 Å². The average Bonchev–Trinajstić information content (AvgIpc) is 3.17. The van der Waals surface area contributed by atoms with Crippen LogP contribution in [0.25, 0.3) is 0 Å². The molecular weight excluding hydrogens is 744 g/mol. The monoisotopic (exact) mass is 842 g/mol. The van der Waals surface area contributed by atoms with Gasteiger partial charge in [-0.3, -0.25) is 13.8 Å². The number of carbonyl (C=O) groups excluding carboxylic acids is 1. The topological polar surface area (TPSA) is 105 Å². The summed E-state index contributed by atoms with van der Waals surface area (Å²) in [5.74, 6) is -0.183. The van der Waals surface area contributed by atoms with Crippen LogP contribution in [0.3, 0.4) is 0 Å². The van der Waals surface area contributed by atoms with Gasteiger partial charge < -0.3 is 19.8 Å². The van der Waals surface area contributed by atoms with Crippen LogP contribution in [0.4, 0.5) is 0 Å². The highest BCUT2D eigenvalue weighted by molar-refractivity contribution is 7.47. The Balaban J connectivity index is 4.28. The number of nitrogens with zero attached hydrogens (tertiary/aromatic N) is 1. The molecule has 0 bridgehead atoms. The summed E-state index contributed by atoms with van der Waals surface area (Å²) in [4.78, 5) is 23.2.